The van der Waals surface area contributed by atoms with Gasteiger partial charge in [0.05, 0.1) is 17.8 Å². The lowest BCUT2D eigenvalue weighted by Gasteiger charge is -2.11. The van der Waals surface area contributed by atoms with Gasteiger partial charge in [-0.15, -0.1) is 0 Å². The fourth-order valence-electron chi connectivity index (χ4n) is 2.67. The molecule has 1 aromatic heterocycles. The maximum Gasteiger partial charge on any atom is 0.191 e. The molecule has 0 aliphatic rings. The van der Waals surface area contributed by atoms with Gasteiger partial charge < -0.3 is 19.8 Å². The molecular formula is C21H31N3O4S. The summed E-state index contributed by atoms with van der Waals surface area (Å²) in [5, 5.41) is 6.40. The van der Waals surface area contributed by atoms with Gasteiger partial charge in [0.25, 0.3) is 0 Å². The Kier molecular flexibility index (Phi) is 10.3. The highest BCUT2D eigenvalue weighted by molar-refractivity contribution is 7.90. The number of hydrogen-bond donors (Lipinski definition) is 2. The molecule has 0 spiro atoms. The number of ether oxygens (including phenoxy) is 1. The predicted octanol–water partition coefficient (Wildman–Crippen LogP) is 2.75. The first-order chi connectivity index (χ1) is 14.1. The summed E-state index contributed by atoms with van der Waals surface area (Å²) in [6.45, 7) is 5.00. The Hall–Kier alpha value is -2.32. The molecule has 1 aromatic carbocycles. The van der Waals surface area contributed by atoms with Crippen LogP contribution in [0.2, 0.25) is 0 Å². The van der Waals surface area contributed by atoms with Gasteiger partial charge in [0.2, 0.25) is 0 Å². The quantitative estimate of drug-likeness (QED) is 0.293. The molecule has 2 aromatic rings. The molecular weight excluding hydrogens is 390 g/mol. The topological polar surface area (TPSA) is 92.9 Å². The molecule has 0 saturated heterocycles. The second kappa shape index (κ2) is 13.0. The van der Waals surface area contributed by atoms with Crippen LogP contribution in [-0.4, -0.2) is 46.4 Å². The molecule has 29 heavy (non-hydrogen) atoms. The Morgan fingerprint density at radius 2 is 1.93 bits per heavy atom. The minimum Gasteiger partial charge on any atom is -0.467 e. The molecule has 8 heteroatoms. The Morgan fingerprint density at radius 3 is 2.66 bits per heavy atom. The van der Waals surface area contributed by atoms with E-state index in [-0.39, 0.29) is 11.5 Å². The summed E-state index contributed by atoms with van der Waals surface area (Å²) >= 11 is 0. The molecule has 0 atom stereocenters. The van der Waals surface area contributed by atoms with Crippen LogP contribution in [0, 0.1) is 0 Å². The smallest absolute Gasteiger partial charge is 0.191 e. The first kappa shape index (κ1) is 23.0. The molecule has 0 radical (unpaired) electrons. The largest absolute Gasteiger partial charge is 0.467 e. The number of hydrogen-bond acceptors (Lipinski definition) is 5. The Labute approximate surface area is 173 Å². The first-order valence-corrected chi connectivity index (χ1v) is 11.8. The number of benzene rings is 1. The summed E-state index contributed by atoms with van der Waals surface area (Å²) in [7, 11) is -3.13. The average molecular weight is 422 g/mol. The zero-order valence-electron chi connectivity index (χ0n) is 17.0. The summed E-state index contributed by atoms with van der Waals surface area (Å²) in [6.07, 6.45) is 2.96. The van der Waals surface area contributed by atoms with Crippen LogP contribution in [0.25, 0.3) is 0 Å². The monoisotopic (exact) mass is 421 g/mol. The number of nitrogens with zero attached hydrogens (tertiary/aromatic N) is 1. The zero-order chi connectivity index (χ0) is 20.8. The van der Waals surface area contributed by atoms with E-state index in [4.69, 9.17) is 9.15 Å². The number of sulfone groups is 1. The lowest BCUT2D eigenvalue weighted by molar-refractivity contribution is 0.105. The van der Waals surface area contributed by atoms with E-state index < -0.39 is 9.84 Å². The Balaban J connectivity index is 1.63. The van der Waals surface area contributed by atoms with Crippen LogP contribution in [0.15, 0.2) is 58.1 Å². The number of furan rings is 1. The highest BCUT2D eigenvalue weighted by Crippen LogP contribution is 2.07. The SMILES string of the molecule is CCNC(=NCCCS(=O)(=O)Cc1ccccc1)NCCCOCc1ccco1. The van der Waals surface area contributed by atoms with E-state index in [2.05, 4.69) is 15.6 Å². The second-order valence-electron chi connectivity index (χ2n) is 6.60. The summed E-state index contributed by atoms with van der Waals surface area (Å²) in [5.74, 6) is 1.72. The van der Waals surface area contributed by atoms with Crippen LogP contribution in [0.3, 0.4) is 0 Å². The van der Waals surface area contributed by atoms with Crippen molar-refractivity contribution in [2.45, 2.75) is 32.1 Å². The van der Waals surface area contributed by atoms with Gasteiger partial charge in [-0.3, -0.25) is 4.99 Å². The molecule has 0 fully saturated rings. The van der Waals surface area contributed by atoms with Crippen LogP contribution in [-0.2, 0) is 26.9 Å². The summed E-state index contributed by atoms with van der Waals surface area (Å²) in [6, 6.07) is 13.0. The van der Waals surface area contributed by atoms with Crippen LogP contribution < -0.4 is 10.6 Å². The molecule has 0 unspecified atom stereocenters. The van der Waals surface area contributed by atoms with E-state index in [1.54, 1.807) is 6.26 Å². The number of guanidine groups is 1. The lowest BCUT2D eigenvalue weighted by Crippen LogP contribution is -2.38. The van der Waals surface area contributed by atoms with Gasteiger partial charge in [0.1, 0.15) is 12.4 Å². The van der Waals surface area contributed by atoms with Gasteiger partial charge in [-0.2, -0.15) is 0 Å². The third-order valence-corrected chi connectivity index (χ3v) is 5.72. The lowest BCUT2D eigenvalue weighted by atomic mass is 10.2. The highest BCUT2D eigenvalue weighted by Gasteiger charge is 2.11. The number of rotatable bonds is 13. The van der Waals surface area contributed by atoms with Crippen molar-refractivity contribution in [2.24, 2.45) is 4.99 Å². The van der Waals surface area contributed by atoms with Gasteiger partial charge in [0, 0.05) is 26.2 Å². The standard InChI is InChI=1S/C21H31N3O4S/c1-2-22-21(23-12-7-14-27-17-20-11-6-15-28-20)24-13-8-16-29(25,26)18-19-9-4-3-5-10-19/h3-6,9-11,15H,2,7-8,12-14,16-18H2,1H3,(H2,22,23,24). The molecule has 2 rings (SSSR count). The van der Waals surface area contributed by atoms with Crippen molar-refractivity contribution in [3.05, 3.63) is 60.1 Å². The van der Waals surface area contributed by atoms with Crippen LogP contribution in [0.4, 0.5) is 0 Å². The van der Waals surface area contributed by atoms with Crippen molar-refractivity contribution in [3.63, 3.8) is 0 Å². The van der Waals surface area contributed by atoms with E-state index >= 15 is 0 Å². The fraction of sp³-hybridized carbons (Fsp3) is 0.476. The molecule has 0 amide bonds. The van der Waals surface area contributed by atoms with Crippen molar-refractivity contribution in [3.8, 4) is 0 Å². The molecule has 0 bridgehead atoms. The van der Waals surface area contributed by atoms with E-state index in [1.807, 2.05) is 49.4 Å². The second-order valence-corrected chi connectivity index (χ2v) is 8.79. The summed E-state index contributed by atoms with van der Waals surface area (Å²) < 4.78 is 35.2. The third kappa shape index (κ3) is 10.1. The normalized spacial score (nSPS) is 12.1. The highest BCUT2D eigenvalue weighted by atomic mass is 32.2. The van der Waals surface area contributed by atoms with E-state index in [1.165, 1.54) is 0 Å². The zero-order valence-corrected chi connectivity index (χ0v) is 17.8. The van der Waals surface area contributed by atoms with Gasteiger partial charge in [-0.1, -0.05) is 30.3 Å². The van der Waals surface area contributed by atoms with Crippen LogP contribution in [0.1, 0.15) is 31.1 Å². The predicted molar refractivity (Wildman–Crippen MR) is 116 cm³/mol. The minimum atomic E-state index is -3.13. The van der Waals surface area contributed by atoms with Gasteiger partial charge in [0.15, 0.2) is 15.8 Å². The molecule has 1 heterocycles. The average Bonchev–Trinajstić information content (AvgIpc) is 3.21. The number of nitrogens with one attached hydrogen (secondary N) is 2. The third-order valence-electron chi connectivity index (χ3n) is 4.04. The minimum absolute atomic E-state index is 0.0773. The molecule has 7 nitrogen and oxygen atoms in total. The molecule has 0 saturated carbocycles. The van der Waals surface area contributed by atoms with Gasteiger partial charge >= 0.3 is 0 Å². The van der Waals surface area contributed by atoms with E-state index in [0.717, 1.165) is 30.8 Å². The fourth-order valence-corrected chi connectivity index (χ4v) is 4.08. The van der Waals surface area contributed by atoms with Crippen molar-refractivity contribution in [2.75, 3.05) is 32.0 Å². The van der Waals surface area contributed by atoms with Crippen LogP contribution >= 0.6 is 0 Å². The van der Waals surface area contributed by atoms with E-state index in [0.29, 0.717) is 32.1 Å². The summed E-state index contributed by atoms with van der Waals surface area (Å²) in [5.41, 5.74) is 0.820. The van der Waals surface area contributed by atoms with Gasteiger partial charge in [-0.25, -0.2) is 8.42 Å². The molecule has 0 aliphatic heterocycles. The van der Waals surface area contributed by atoms with Crippen LogP contribution in [0.5, 0.6) is 0 Å². The van der Waals surface area contributed by atoms with Gasteiger partial charge in [-0.05, 0) is 37.5 Å². The first-order valence-electron chi connectivity index (χ1n) is 9.96. The van der Waals surface area contributed by atoms with Crippen molar-refractivity contribution < 1.29 is 17.6 Å². The maximum atomic E-state index is 12.2. The maximum absolute atomic E-state index is 12.2. The Bertz CT molecular complexity index is 806. The van der Waals surface area contributed by atoms with Crippen molar-refractivity contribution in [1.82, 2.24) is 10.6 Å². The molecule has 0 aliphatic carbocycles. The van der Waals surface area contributed by atoms with Crippen molar-refractivity contribution >= 4 is 15.8 Å². The van der Waals surface area contributed by atoms with Crippen molar-refractivity contribution in [1.29, 1.82) is 0 Å². The molecule has 2 N–H and O–H groups in total. The summed E-state index contributed by atoms with van der Waals surface area (Å²) in [4.78, 5) is 4.46. The number of aliphatic imine (C=N–C) groups is 1. The molecule has 160 valence electrons. The van der Waals surface area contributed by atoms with E-state index in [9.17, 15) is 8.42 Å². The Morgan fingerprint density at radius 1 is 1.10 bits per heavy atom.